The molecule has 1 saturated heterocycles. The first-order chi connectivity index (χ1) is 10.5. The van der Waals surface area contributed by atoms with Gasteiger partial charge in [0.1, 0.15) is 0 Å². The molecule has 2 rings (SSSR count). The molecule has 1 aromatic heterocycles. The fraction of sp³-hybridized carbons (Fsp3) is 0.533. The lowest BCUT2D eigenvalue weighted by Crippen LogP contribution is -2.49. The number of piperidine rings is 1. The van der Waals surface area contributed by atoms with E-state index in [1.54, 1.807) is 35.2 Å². The number of carbonyl (C=O) groups excluding carboxylic acids is 3. The first-order valence-electron chi connectivity index (χ1n) is 7.30. The second-order valence-electron chi connectivity index (χ2n) is 5.44. The highest BCUT2D eigenvalue weighted by molar-refractivity contribution is 7.08. The van der Waals surface area contributed by atoms with Gasteiger partial charge in [0.05, 0.1) is 6.54 Å². The van der Waals surface area contributed by atoms with Crippen LogP contribution in [0.25, 0.3) is 0 Å². The molecule has 1 N–H and O–H groups in total. The predicted octanol–water partition coefficient (Wildman–Crippen LogP) is 0.947. The lowest BCUT2D eigenvalue weighted by molar-refractivity contribution is -0.133. The molecule has 2 heterocycles. The highest BCUT2D eigenvalue weighted by Crippen LogP contribution is 2.15. The third kappa shape index (κ3) is 4.07. The van der Waals surface area contributed by atoms with E-state index in [0.717, 1.165) is 12.8 Å². The molecule has 120 valence electrons. The van der Waals surface area contributed by atoms with Crippen molar-refractivity contribution in [3.63, 3.8) is 0 Å². The van der Waals surface area contributed by atoms with Crippen molar-refractivity contribution in [2.75, 3.05) is 26.7 Å². The van der Waals surface area contributed by atoms with Gasteiger partial charge in [0.2, 0.25) is 11.8 Å². The fourth-order valence-corrected chi connectivity index (χ4v) is 3.16. The van der Waals surface area contributed by atoms with E-state index in [1.165, 1.54) is 11.3 Å². The minimum Gasteiger partial charge on any atom is -0.343 e. The van der Waals surface area contributed by atoms with Gasteiger partial charge in [-0.15, -0.1) is 0 Å². The molecule has 1 aromatic rings. The van der Waals surface area contributed by atoms with Crippen LogP contribution in [0.4, 0.5) is 0 Å². The van der Waals surface area contributed by atoms with Gasteiger partial charge < -0.3 is 15.1 Å². The molecule has 0 saturated carbocycles. The lowest BCUT2D eigenvalue weighted by Gasteiger charge is -2.36. The van der Waals surface area contributed by atoms with E-state index >= 15 is 0 Å². The van der Waals surface area contributed by atoms with Crippen LogP contribution in [0.1, 0.15) is 30.1 Å². The monoisotopic (exact) mass is 323 g/mol. The highest BCUT2D eigenvalue weighted by atomic mass is 32.1. The number of carbonyl (C=O) groups is 3. The van der Waals surface area contributed by atoms with Crippen LogP contribution in [0.3, 0.4) is 0 Å². The van der Waals surface area contributed by atoms with Crippen molar-refractivity contribution in [3.8, 4) is 0 Å². The van der Waals surface area contributed by atoms with Crippen molar-refractivity contribution in [3.05, 3.63) is 22.4 Å². The van der Waals surface area contributed by atoms with Gasteiger partial charge in [0.15, 0.2) is 0 Å². The molecule has 0 bridgehead atoms. The summed E-state index contributed by atoms with van der Waals surface area (Å²) in [6.07, 6.45) is 1.56. The summed E-state index contributed by atoms with van der Waals surface area (Å²) in [5.74, 6) is -0.249. The van der Waals surface area contributed by atoms with Crippen LogP contribution in [-0.2, 0) is 9.59 Å². The van der Waals surface area contributed by atoms with Crippen LogP contribution < -0.4 is 5.32 Å². The Hall–Kier alpha value is -1.89. The van der Waals surface area contributed by atoms with E-state index in [-0.39, 0.29) is 30.3 Å². The Morgan fingerprint density at radius 3 is 2.59 bits per heavy atom. The maximum Gasteiger partial charge on any atom is 0.252 e. The van der Waals surface area contributed by atoms with Gasteiger partial charge in [-0.2, -0.15) is 11.3 Å². The topological polar surface area (TPSA) is 69.7 Å². The standard InChI is InChI=1S/C15H21N3O3S/c1-11(19)17(2)13-3-6-18(7-4-13)14(20)9-16-15(21)12-5-8-22-10-12/h5,8,10,13H,3-4,6-7,9H2,1-2H3,(H,16,21). The van der Waals surface area contributed by atoms with Crippen molar-refractivity contribution >= 4 is 29.1 Å². The summed E-state index contributed by atoms with van der Waals surface area (Å²) < 4.78 is 0. The van der Waals surface area contributed by atoms with Crippen molar-refractivity contribution < 1.29 is 14.4 Å². The average molecular weight is 323 g/mol. The van der Waals surface area contributed by atoms with Crippen molar-refractivity contribution in [1.82, 2.24) is 15.1 Å². The Morgan fingerprint density at radius 1 is 1.36 bits per heavy atom. The zero-order valence-corrected chi connectivity index (χ0v) is 13.7. The van der Waals surface area contributed by atoms with Crippen LogP contribution in [0.2, 0.25) is 0 Å². The quantitative estimate of drug-likeness (QED) is 0.897. The van der Waals surface area contributed by atoms with Gasteiger partial charge in [-0.25, -0.2) is 0 Å². The number of rotatable bonds is 4. The van der Waals surface area contributed by atoms with Gasteiger partial charge in [-0.3, -0.25) is 14.4 Å². The number of hydrogen-bond donors (Lipinski definition) is 1. The van der Waals surface area contributed by atoms with E-state index in [9.17, 15) is 14.4 Å². The molecule has 1 fully saturated rings. The molecule has 0 aromatic carbocycles. The van der Waals surface area contributed by atoms with Gasteiger partial charge in [-0.1, -0.05) is 0 Å². The number of nitrogens with one attached hydrogen (secondary N) is 1. The summed E-state index contributed by atoms with van der Waals surface area (Å²) in [6.45, 7) is 2.81. The van der Waals surface area contributed by atoms with Gasteiger partial charge in [0.25, 0.3) is 5.91 Å². The Kier molecular flexibility index (Phi) is 5.54. The third-order valence-electron chi connectivity index (χ3n) is 4.05. The second kappa shape index (κ2) is 7.40. The molecule has 0 unspecified atom stereocenters. The summed E-state index contributed by atoms with van der Waals surface area (Å²) in [7, 11) is 1.80. The normalized spacial score (nSPS) is 15.5. The van der Waals surface area contributed by atoms with E-state index in [1.807, 2.05) is 5.38 Å². The molecular formula is C15H21N3O3S. The predicted molar refractivity (Wildman–Crippen MR) is 84.7 cm³/mol. The second-order valence-corrected chi connectivity index (χ2v) is 6.22. The molecule has 6 nitrogen and oxygen atoms in total. The summed E-state index contributed by atoms with van der Waals surface area (Å²) in [5, 5.41) is 6.23. The van der Waals surface area contributed by atoms with Crippen LogP contribution >= 0.6 is 11.3 Å². The zero-order valence-electron chi connectivity index (χ0n) is 12.9. The van der Waals surface area contributed by atoms with Crippen LogP contribution in [-0.4, -0.2) is 60.2 Å². The Morgan fingerprint density at radius 2 is 2.05 bits per heavy atom. The molecule has 0 spiro atoms. The first-order valence-corrected chi connectivity index (χ1v) is 8.25. The van der Waals surface area contributed by atoms with Crippen molar-refractivity contribution in [2.45, 2.75) is 25.8 Å². The summed E-state index contributed by atoms with van der Waals surface area (Å²) >= 11 is 1.45. The molecule has 0 aliphatic carbocycles. The average Bonchev–Trinajstić information content (AvgIpc) is 3.06. The summed E-state index contributed by atoms with van der Waals surface area (Å²) in [6, 6.07) is 1.93. The minimum atomic E-state index is -0.221. The number of thiophene rings is 1. The molecule has 0 radical (unpaired) electrons. The van der Waals surface area contributed by atoms with Crippen LogP contribution in [0, 0.1) is 0 Å². The lowest BCUT2D eigenvalue weighted by atomic mass is 10.0. The van der Waals surface area contributed by atoms with Crippen molar-refractivity contribution in [2.24, 2.45) is 0 Å². The number of hydrogen-bond acceptors (Lipinski definition) is 4. The highest BCUT2D eigenvalue weighted by Gasteiger charge is 2.26. The third-order valence-corrected chi connectivity index (χ3v) is 4.73. The number of amides is 3. The number of nitrogens with zero attached hydrogens (tertiary/aromatic N) is 2. The molecule has 3 amide bonds. The molecular weight excluding hydrogens is 302 g/mol. The molecule has 0 atom stereocenters. The Labute approximate surface area is 134 Å². The Bertz CT molecular complexity index is 536. The van der Waals surface area contributed by atoms with E-state index < -0.39 is 0 Å². The van der Waals surface area contributed by atoms with Crippen molar-refractivity contribution in [1.29, 1.82) is 0 Å². The van der Waals surface area contributed by atoms with Crippen LogP contribution in [0.15, 0.2) is 16.8 Å². The maximum absolute atomic E-state index is 12.1. The molecule has 7 heteroatoms. The molecule has 1 aliphatic rings. The summed E-state index contributed by atoms with van der Waals surface area (Å²) in [4.78, 5) is 38.7. The largest absolute Gasteiger partial charge is 0.343 e. The SMILES string of the molecule is CC(=O)N(C)C1CCN(C(=O)CNC(=O)c2ccsc2)CC1. The Balaban J connectivity index is 1.76. The van der Waals surface area contributed by atoms with Gasteiger partial charge >= 0.3 is 0 Å². The maximum atomic E-state index is 12.1. The van der Waals surface area contributed by atoms with Gasteiger partial charge in [-0.05, 0) is 24.3 Å². The number of likely N-dealkylation sites (tertiary alicyclic amines) is 1. The van der Waals surface area contributed by atoms with E-state index in [4.69, 9.17) is 0 Å². The van der Waals surface area contributed by atoms with Gasteiger partial charge in [0, 0.05) is 44.0 Å². The fourth-order valence-electron chi connectivity index (χ4n) is 2.52. The molecule has 22 heavy (non-hydrogen) atoms. The molecule has 1 aliphatic heterocycles. The summed E-state index contributed by atoms with van der Waals surface area (Å²) in [5.41, 5.74) is 0.583. The van der Waals surface area contributed by atoms with E-state index in [0.29, 0.717) is 18.7 Å². The zero-order chi connectivity index (χ0) is 16.1. The first kappa shape index (κ1) is 16.5. The minimum absolute atomic E-state index is 0.0158. The van der Waals surface area contributed by atoms with Crippen LogP contribution in [0.5, 0.6) is 0 Å². The smallest absolute Gasteiger partial charge is 0.252 e. The van der Waals surface area contributed by atoms with E-state index in [2.05, 4.69) is 5.32 Å².